The second kappa shape index (κ2) is 5.35. The van der Waals surface area contributed by atoms with Crippen LogP contribution in [0.25, 0.3) is 0 Å². The Balaban J connectivity index is 2.22. The van der Waals surface area contributed by atoms with Crippen LogP contribution in [0, 0.1) is 17.0 Å². The van der Waals surface area contributed by atoms with E-state index in [1.807, 2.05) is 6.92 Å². The van der Waals surface area contributed by atoms with Gasteiger partial charge in [-0.1, -0.05) is 0 Å². The van der Waals surface area contributed by atoms with Gasteiger partial charge in [0.15, 0.2) is 0 Å². The Morgan fingerprint density at radius 3 is 2.70 bits per heavy atom. The molecule has 1 amide bonds. The third-order valence-electron chi connectivity index (χ3n) is 2.62. The van der Waals surface area contributed by atoms with Crippen LogP contribution in [0.3, 0.4) is 0 Å². The molecule has 7 nitrogen and oxygen atoms in total. The number of nitro groups is 1. The largest absolute Gasteiger partial charge is 0.393 e. The van der Waals surface area contributed by atoms with Crippen molar-refractivity contribution in [2.24, 2.45) is 0 Å². The molecule has 2 rings (SSSR count). The molecule has 1 aromatic carbocycles. The van der Waals surface area contributed by atoms with Gasteiger partial charge in [0, 0.05) is 17.8 Å². The molecule has 3 N–H and O–H groups in total. The summed E-state index contributed by atoms with van der Waals surface area (Å²) in [6.07, 6.45) is 3.18. The molecule has 0 fully saturated rings. The van der Waals surface area contributed by atoms with Gasteiger partial charge in [-0.2, -0.15) is 0 Å². The lowest BCUT2D eigenvalue weighted by molar-refractivity contribution is -0.383. The summed E-state index contributed by atoms with van der Waals surface area (Å²) in [4.78, 5) is 26.0. The van der Waals surface area contributed by atoms with Crippen molar-refractivity contribution in [3.8, 4) is 0 Å². The van der Waals surface area contributed by atoms with E-state index in [4.69, 9.17) is 5.73 Å². The Morgan fingerprint density at radius 1 is 1.35 bits per heavy atom. The minimum absolute atomic E-state index is 0.0509. The van der Waals surface area contributed by atoms with E-state index in [1.165, 1.54) is 24.4 Å². The average Bonchev–Trinajstić information content (AvgIpc) is 2.38. The van der Waals surface area contributed by atoms with E-state index in [2.05, 4.69) is 10.3 Å². The first kappa shape index (κ1) is 13.5. The van der Waals surface area contributed by atoms with E-state index < -0.39 is 10.8 Å². The molecule has 1 heterocycles. The zero-order valence-electron chi connectivity index (χ0n) is 10.7. The number of anilines is 2. The Morgan fingerprint density at radius 2 is 2.10 bits per heavy atom. The topological polar surface area (TPSA) is 111 Å². The molecular formula is C13H12N4O3. The molecule has 0 atom stereocenters. The van der Waals surface area contributed by atoms with Crippen LogP contribution in [0.2, 0.25) is 0 Å². The number of benzene rings is 1. The lowest BCUT2D eigenvalue weighted by Crippen LogP contribution is -2.12. The van der Waals surface area contributed by atoms with Gasteiger partial charge < -0.3 is 11.1 Å². The molecule has 20 heavy (non-hydrogen) atoms. The minimum Gasteiger partial charge on any atom is -0.393 e. The summed E-state index contributed by atoms with van der Waals surface area (Å²) in [6.45, 7) is 1.85. The maximum absolute atomic E-state index is 12.0. The third kappa shape index (κ3) is 2.89. The average molecular weight is 272 g/mol. The standard InChI is InChI=1S/C13H12N4O3/c1-8-4-10(7-15-6-8)16-13(18)9-2-3-12(17(19)20)11(14)5-9/h2-7H,14H2,1H3,(H,16,18). The fourth-order valence-corrected chi connectivity index (χ4v) is 1.69. The van der Waals surface area contributed by atoms with Gasteiger partial charge in [-0.25, -0.2) is 0 Å². The first-order valence-corrected chi connectivity index (χ1v) is 5.74. The minimum atomic E-state index is -0.596. The van der Waals surface area contributed by atoms with Crippen LogP contribution in [0.4, 0.5) is 17.1 Å². The molecule has 0 aliphatic carbocycles. The van der Waals surface area contributed by atoms with Gasteiger partial charge in [0.2, 0.25) is 0 Å². The number of rotatable bonds is 3. The van der Waals surface area contributed by atoms with Crippen LogP contribution in [-0.4, -0.2) is 15.8 Å². The van der Waals surface area contributed by atoms with Crippen molar-refractivity contribution >= 4 is 23.0 Å². The summed E-state index contributed by atoms with van der Waals surface area (Å²) in [5.41, 5.74) is 6.97. The van der Waals surface area contributed by atoms with Crippen molar-refractivity contribution in [3.05, 3.63) is 57.9 Å². The van der Waals surface area contributed by atoms with E-state index in [0.29, 0.717) is 5.69 Å². The van der Waals surface area contributed by atoms with Crippen LogP contribution >= 0.6 is 0 Å². The molecule has 0 saturated carbocycles. The number of amides is 1. The molecule has 2 aromatic rings. The van der Waals surface area contributed by atoms with E-state index in [-0.39, 0.29) is 16.9 Å². The second-order valence-corrected chi connectivity index (χ2v) is 4.24. The molecule has 0 radical (unpaired) electrons. The number of carbonyl (C=O) groups excluding carboxylic acids is 1. The highest BCUT2D eigenvalue weighted by atomic mass is 16.6. The Hall–Kier alpha value is -2.96. The summed E-state index contributed by atoms with van der Waals surface area (Å²) in [6, 6.07) is 5.60. The first-order valence-electron chi connectivity index (χ1n) is 5.74. The Labute approximate surface area is 114 Å². The number of carbonyl (C=O) groups is 1. The Bertz CT molecular complexity index is 685. The molecule has 102 valence electrons. The Kier molecular flexibility index (Phi) is 3.60. The highest BCUT2D eigenvalue weighted by Gasteiger charge is 2.14. The maximum Gasteiger partial charge on any atom is 0.292 e. The molecule has 0 saturated heterocycles. The van der Waals surface area contributed by atoms with Gasteiger partial charge in [0.05, 0.1) is 16.8 Å². The number of hydrogen-bond donors (Lipinski definition) is 2. The van der Waals surface area contributed by atoms with Crippen LogP contribution < -0.4 is 11.1 Å². The number of nitrogens with one attached hydrogen (secondary N) is 1. The van der Waals surface area contributed by atoms with Crippen LogP contribution in [0.15, 0.2) is 36.7 Å². The number of nitrogen functional groups attached to an aromatic ring is 1. The predicted molar refractivity (Wildman–Crippen MR) is 74.4 cm³/mol. The van der Waals surface area contributed by atoms with Crippen molar-refractivity contribution < 1.29 is 9.72 Å². The third-order valence-corrected chi connectivity index (χ3v) is 2.62. The van der Waals surface area contributed by atoms with E-state index in [1.54, 1.807) is 12.3 Å². The van der Waals surface area contributed by atoms with Gasteiger partial charge in [-0.05, 0) is 30.7 Å². The number of nitrogens with two attached hydrogens (primary N) is 1. The normalized spacial score (nSPS) is 10.1. The monoisotopic (exact) mass is 272 g/mol. The molecule has 0 unspecified atom stereocenters. The second-order valence-electron chi connectivity index (χ2n) is 4.24. The zero-order chi connectivity index (χ0) is 14.7. The highest BCUT2D eigenvalue weighted by Crippen LogP contribution is 2.22. The fourth-order valence-electron chi connectivity index (χ4n) is 1.69. The molecule has 0 aliphatic heterocycles. The van der Waals surface area contributed by atoms with Crippen LogP contribution in [0.5, 0.6) is 0 Å². The molecule has 0 bridgehead atoms. The first-order chi connectivity index (χ1) is 9.47. The van der Waals surface area contributed by atoms with Gasteiger partial charge in [-0.15, -0.1) is 0 Å². The zero-order valence-corrected chi connectivity index (χ0v) is 10.7. The van der Waals surface area contributed by atoms with Crippen molar-refractivity contribution in [2.45, 2.75) is 6.92 Å². The number of nitro benzene ring substituents is 1. The number of pyridine rings is 1. The summed E-state index contributed by atoms with van der Waals surface area (Å²) in [7, 11) is 0. The van der Waals surface area contributed by atoms with Crippen molar-refractivity contribution in [1.82, 2.24) is 4.98 Å². The van der Waals surface area contributed by atoms with E-state index in [9.17, 15) is 14.9 Å². The smallest absolute Gasteiger partial charge is 0.292 e. The van der Waals surface area contributed by atoms with E-state index in [0.717, 1.165) is 5.56 Å². The number of aromatic nitrogens is 1. The summed E-state index contributed by atoms with van der Waals surface area (Å²) >= 11 is 0. The highest BCUT2D eigenvalue weighted by molar-refractivity contribution is 6.05. The number of hydrogen-bond acceptors (Lipinski definition) is 5. The summed E-state index contributed by atoms with van der Waals surface area (Å²) in [5.74, 6) is -0.404. The number of aryl methyl sites for hydroxylation is 1. The number of nitrogens with zero attached hydrogens (tertiary/aromatic N) is 2. The van der Waals surface area contributed by atoms with E-state index >= 15 is 0 Å². The van der Waals surface area contributed by atoms with Crippen LogP contribution in [-0.2, 0) is 0 Å². The molecular weight excluding hydrogens is 260 g/mol. The van der Waals surface area contributed by atoms with Crippen molar-refractivity contribution in [1.29, 1.82) is 0 Å². The predicted octanol–water partition coefficient (Wildman–Crippen LogP) is 2.13. The molecule has 0 aliphatic rings. The summed E-state index contributed by atoms with van der Waals surface area (Å²) < 4.78 is 0. The molecule has 1 aromatic heterocycles. The van der Waals surface area contributed by atoms with Crippen LogP contribution in [0.1, 0.15) is 15.9 Å². The SMILES string of the molecule is Cc1cncc(NC(=O)c2ccc([N+](=O)[O-])c(N)c2)c1. The maximum atomic E-state index is 12.0. The fraction of sp³-hybridized carbons (Fsp3) is 0.0769. The van der Waals surface area contributed by atoms with Gasteiger partial charge in [-0.3, -0.25) is 19.9 Å². The van der Waals surface area contributed by atoms with Gasteiger partial charge in [0.25, 0.3) is 11.6 Å². The van der Waals surface area contributed by atoms with Gasteiger partial charge in [0.1, 0.15) is 5.69 Å². The van der Waals surface area contributed by atoms with Crippen molar-refractivity contribution in [2.75, 3.05) is 11.1 Å². The van der Waals surface area contributed by atoms with Gasteiger partial charge >= 0.3 is 0 Å². The molecule has 0 spiro atoms. The molecule has 7 heteroatoms. The van der Waals surface area contributed by atoms with Crippen molar-refractivity contribution in [3.63, 3.8) is 0 Å². The lowest BCUT2D eigenvalue weighted by atomic mass is 10.1. The quantitative estimate of drug-likeness (QED) is 0.505. The lowest BCUT2D eigenvalue weighted by Gasteiger charge is -2.06. The summed E-state index contributed by atoms with van der Waals surface area (Å²) in [5, 5.41) is 13.3.